The van der Waals surface area contributed by atoms with E-state index in [1.807, 2.05) is 30.5 Å². The first-order chi connectivity index (χ1) is 10.7. The van der Waals surface area contributed by atoms with Crippen molar-refractivity contribution in [2.45, 2.75) is 12.7 Å². The van der Waals surface area contributed by atoms with E-state index in [0.717, 1.165) is 27.9 Å². The number of fused-ring (bicyclic) bond motifs is 1. The fraction of sp³-hybridized carbons (Fsp3) is 0.176. The number of thiazole rings is 1. The van der Waals surface area contributed by atoms with Crippen molar-refractivity contribution in [1.29, 1.82) is 0 Å². The monoisotopic (exact) mass is 328 g/mol. The smallest absolute Gasteiger partial charge is 0.258 e. The van der Waals surface area contributed by atoms with Crippen LogP contribution in [0.15, 0.2) is 52.6 Å². The Morgan fingerprint density at radius 1 is 1.32 bits per heavy atom. The second-order valence-corrected chi connectivity index (χ2v) is 6.78. The molecule has 0 spiro atoms. The predicted molar refractivity (Wildman–Crippen MR) is 95.7 cm³/mol. The summed E-state index contributed by atoms with van der Waals surface area (Å²) in [5, 5.41) is 1.96. The molecule has 0 saturated carbocycles. The number of benzene rings is 1. The van der Waals surface area contributed by atoms with Gasteiger partial charge in [0, 0.05) is 28.6 Å². The zero-order chi connectivity index (χ0) is 15.4. The Balaban J connectivity index is 1.60. The van der Waals surface area contributed by atoms with Gasteiger partial charge in [0.2, 0.25) is 0 Å². The first-order valence-electron chi connectivity index (χ1n) is 7.00. The summed E-state index contributed by atoms with van der Waals surface area (Å²) >= 11 is 3.27. The van der Waals surface area contributed by atoms with Crippen molar-refractivity contribution in [2.24, 2.45) is 0 Å². The summed E-state index contributed by atoms with van der Waals surface area (Å²) in [6.07, 6.45) is 4.25. The zero-order valence-electron chi connectivity index (χ0n) is 12.2. The number of rotatable bonds is 5. The Morgan fingerprint density at radius 3 is 2.95 bits per heavy atom. The highest BCUT2D eigenvalue weighted by molar-refractivity contribution is 7.98. The van der Waals surface area contributed by atoms with E-state index < -0.39 is 0 Å². The van der Waals surface area contributed by atoms with Crippen molar-refractivity contribution in [3.8, 4) is 0 Å². The molecule has 0 atom stereocenters. The molecule has 0 aliphatic heterocycles. The van der Waals surface area contributed by atoms with Gasteiger partial charge in [0.15, 0.2) is 4.96 Å². The summed E-state index contributed by atoms with van der Waals surface area (Å²) in [6, 6.07) is 11.9. The number of hydrogen-bond acceptors (Lipinski definition) is 4. The lowest BCUT2D eigenvalue weighted by Crippen LogP contribution is -2.14. The molecule has 2 aromatic heterocycles. The van der Waals surface area contributed by atoms with Crippen LogP contribution in [0.25, 0.3) is 11.0 Å². The summed E-state index contributed by atoms with van der Waals surface area (Å²) in [4.78, 5) is 17.4. The minimum atomic E-state index is 0.0131. The van der Waals surface area contributed by atoms with Crippen LogP contribution in [-0.4, -0.2) is 15.1 Å². The van der Waals surface area contributed by atoms with Crippen LogP contribution in [-0.2, 0) is 5.75 Å². The molecule has 0 saturated heterocycles. The van der Waals surface area contributed by atoms with Gasteiger partial charge in [-0.2, -0.15) is 11.8 Å². The standard InChI is InChI=1S/C17H16N2OS2/c1-13-11-22-17-18-15(10-16(20)19(13)17)12-21-9-5-8-14-6-3-2-4-7-14/h2-8,10-11H,9,12H2,1H3/b8-5+. The lowest BCUT2D eigenvalue weighted by Gasteiger charge is -2.00. The van der Waals surface area contributed by atoms with Crippen molar-refractivity contribution in [3.05, 3.63) is 75.2 Å². The molecule has 5 heteroatoms. The quantitative estimate of drug-likeness (QED) is 0.664. The zero-order valence-corrected chi connectivity index (χ0v) is 13.9. The molecule has 2 heterocycles. The molecule has 0 aliphatic rings. The summed E-state index contributed by atoms with van der Waals surface area (Å²) in [5.74, 6) is 1.65. The topological polar surface area (TPSA) is 34.4 Å². The Kier molecular flexibility index (Phi) is 4.75. The lowest BCUT2D eigenvalue weighted by atomic mass is 10.2. The molecule has 0 radical (unpaired) electrons. The highest BCUT2D eigenvalue weighted by atomic mass is 32.2. The maximum atomic E-state index is 12.1. The van der Waals surface area contributed by atoms with Crippen LogP contribution >= 0.6 is 23.1 Å². The molecule has 0 bridgehead atoms. The normalized spacial score (nSPS) is 11.5. The third kappa shape index (κ3) is 3.48. The SMILES string of the molecule is Cc1csc2nc(CSC/C=C/c3ccccc3)cc(=O)n12. The van der Waals surface area contributed by atoms with E-state index in [-0.39, 0.29) is 5.56 Å². The minimum Gasteiger partial charge on any atom is -0.269 e. The van der Waals surface area contributed by atoms with Crippen LogP contribution in [0, 0.1) is 6.92 Å². The van der Waals surface area contributed by atoms with Crippen molar-refractivity contribution >= 4 is 34.1 Å². The third-order valence-electron chi connectivity index (χ3n) is 3.20. The molecule has 3 nitrogen and oxygen atoms in total. The number of aromatic nitrogens is 2. The number of thioether (sulfide) groups is 1. The Labute approximate surface area is 137 Å². The van der Waals surface area contributed by atoms with Gasteiger partial charge in [-0.05, 0) is 12.5 Å². The second-order valence-electron chi connectivity index (χ2n) is 4.91. The third-order valence-corrected chi connectivity index (χ3v) is 5.07. The largest absolute Gasteiger partial charge is 0.269 e. The summed E-state index contributed by atoms with van der Waals surface area (Å²) in [6.45, 7) is 1.93. The van der Waals surface area contributed by atoms with Gasteiger partial charge < -0.3 is 0 Å². The van der Waals surface area contributed by atoms with E-state index in [0.29, 0.717) is 0 Å². The van der Waals surface area contributed by atoms with E-state index in [1.54, 1.807) is 22.2 Å². The van der Waals surface area contributed by atoms with Gasteiger partial charge in [0.05, 0.1) is 5.69 Å². The molecule has 0 aliphatic carbocycles. The fourth-order valence-corrected chi connectivity index (χ4v) is 3.75. The van der Waals surface area contributed by atoms with Crippen molar-refractivity contribution in [1.82, 2.24) is 9.38 Å². The Hall–Kier alpha value is -1.85. The summed E-state index contributed by atoms with van der Waals surface area (Å²) in [7, 11) is 0. The van der Waals surface area contributed by atoms with Gasteiger partial charge in [-0.1, -0.05) is 42.5 Å². The average molecular weight is 328 g/mol. The first-order valence-corrected chi connectivity index (χ1v) is 9.03. The Bertz CT molecular complexity index is 850. The first kappa shape index (κ1) is 15.1. The molecule has 0 amide bonds. The van der Waals surface area contributed by atoms with Gasteiger partial charge in [-0.15, -0.1) is 11.3 Å². The molecule has 0 unspecified atom stereocenters. The molecular weight excluding hydrogens is 312 g/mol. The number of nitrogens with zero attached hydrogens (tertiary/aromatic N) is 2. The molecule has 0 fully saturated rings. The maximum absolute atomic E-state index is 12.1. The highest BCUT2D eigenvalue weighted by Crippen LogP contribution is 2.15. The van der Waals surface area contributed by atoms with E-state index in [1.165, 1.54) is 16.9 Å². The van der Waals surface area contributed by atoms with Gasteiger partial charge in [0.25, 0.3) is 5.56 Å². The van der Waals surface area contributed by atoms with E-state index in [9.17, 15) is 4.79 Å². The molecule has 1 aromatic carbocycles. The molecular formula is C17H16N2OS2. The van der Waals surface area contributed by atoms with Crippen LogP contribution in [0.1, 0.15) is 17.0 Å². The van der Waals surface area contributed by atoms with Crippen molar-refractivity contribution in [3.63, 3.8) is 0 Å². The van der Waals surface area contributed by atoms with Gasteiger partial charge in [-0.3, -0.25) is 9.20 Å². The minimum absolute atomic E-state index is 0.0131. The molecule has 0 N–H and O–H groups in total. The van der Waals surface area contributed by atoms with E-state index in [4.69, 9.17) is 0 Å². The number of aryl methyl sites for hydroxylation is 1. The van der Waals surface area contributed by atoms with Crippen LogP contribution < -0.4 is 5.56 Å². The summed E-state index contributed by atoms with van der Waals surface area (Å²) < 4.78 is 1.66. The fourth-order valence-electron chi connectivity index (χ4n) is 2.15. The molecule has 3 aromatic rings. The lowest BCUT2D eigenvalue weighted by molar-refractivity contribution is 0.998. The molecule has 22 heavy (non-hydrogen) atoms. The van der Waals surface area contributed by atoms with Crippen LogP contribution in [0.3, 0.4) is 0 Å². The van der Waals surface area contributed by atoms with Crippen molar-refractivity contribution < 1.29 is 0 Å². The Morgan fingerprint density at radius 2 is 2.14 bits per heavy atom. The van der Waals surface area contributed by atoms with Gasteiger partial charge in [-0.25, -0.2) is 4.98 Å². The van der Waals surface area contributed by atoms with E-state index in [2.05, 4.69) is 29.3 Å². The molecule has 3 rings (SSSR count). The van der Waals surface area contributed by atoms with Gasteiger partial charge >= 0.3 is 0 Å². The van der Waals surface area contributed by atoms with Crippen LogP contribution in [0.4, 0.5) is 0 Å². The summed E-state index contributed by atoms with van der Waals surface area (Å²) in [5.41, 5.74) is 3.02. The van der Waals surface area contributed by atoms with Gasteiger partial charge in [0.1, 0.15) is 0 Å². The highest BCUT2D eigenvalue weighted by Gasteiger charge is 2.05. The number of hydrogen-bond donors (Lipinski definition) is 0. The maximum Gasteiger partial charge on any atom is 0.258 e. The average Bonchev–Trinajstić information content (AvgIpc) is 2.90. The van der Waals surface area contributed by atoms with Crippen LogP contribution in [0.5, 0.6) is 0 Å². The second kappa shape index (κ2) is 6.94. The van der Waals surface area contributed by atoms with Crippen LogP contribution in [0.2, 0.25) is 0 Å². The van der Waals surface area contributed by atoms with E-state index >= 15 is 0 Å². The van der Waals surface area contributed by atoms with Crippen molar-refractivity contribution in [2.75, 3.05) is 5.75 Å². The predicted octanol–water partition coefficient (Wildman–Crippen LogP) is 4.01. The molecule has 112 valence electrons.